The largest absolute Gasteiger partial charge is 0.481 e. The van der Waals surface area contributed by atoms with Crippen LogP contribution in [-0.2, 0) is 49.5 Å². The number of aromatic nitrogens is 6. The lowest BCUT2D eigenvalue weighted by Gasteiger charge is -2.46. The second-order valence-corrected chi connectivity index (χ2v) is 19.8. The van der Waals surface area contributed by atoms with E-state index in [0.29, 0.717) is 34.1 Å². The minimum Gasteiger partial charge on any atom is -0.481 e. The highest BCUT2D eigenvalue weighted by molar-refractivity contribution is 8.00. The van der Waals surface area contributed by atoms with Crippen LogP contribution < -0.4 is 10.2 Å². The number of aliphatic hydroxyl groups excluding tert-OH is 4. The molecule has 2 fully saturated rings. The quantitative estimate of drug-likeness (QED) is 0.0502. The van der Waals surface area contributed by atoms with Gasteiger partial charge in [-0.15, -0.1) is 10.2 Å². The Labute approximate surface area is 453 Å². The number of benzene rings is 4. The molecule has 3 aliphatic heterocycles. The highest BCUT2D eigenvalue weighted by Crippen LogP contribution is 2.43. The molecule has 2 saturated heterocycles. The van der Waals surface area contributed by atoms with Gasteiger partial charge < -0.3 is 54.7 Å². The highest BCUT2D eigenvalue weighted by atomic mass is 32.2. The van der Waals surface area contributed by atoms with Gasteiger partial charge in [-0.3, -0.25) is 24.0 Å². The summed E-state index contributed by atoms with van der Waals surface area (Å²) in [6.45, 7) is -1.09. The van der Waals surface area contributed by atoms with Gasteiger partial charge in [-0.05, 0) is 48.0 Å². The number of amides is 2. The number of carbonyl (C=O) groups is 5. The van der Waals surface area contributed by atoms with Crippen molar-refractivity contribution in [2.75, 3.05) is 24.7 Å². The summed E-state index contributed by atoms with van der Waals surface area (Å²) in [4.78, 5) is 65.2. The van der Waals surface area contributed by atoms with Crippen LogP contribution in [0.4, 0.5) is 14.5 Å². The van der Waals surface area contributed by atoms with E-state index in [1.807, 2.05) is 42.5 Å². The molecule has 2 aromatic heterocycles. The van der Waals surface area contributed by atoms with E-state index < -0.39 is 128 Å². The number of carbonyl (C=O) groups excluding carboxylic acids is 4. The highest BCUT2D eigenvalue weighted by Gasteiger charge is 2.52. The van der Waals surface area contributed by atoms with Crippen LogP contribution in [0.3, 0.4) is 0 Å². The van der Waals surface area contributed by atoms with Crippen LogP contribution in [0, 0.1) is 23.5 Å². The zero-order chi connectivity index (χ0) is 55.7. The molecular formula is C54H52F2N8O14S. The lowest BCUT2D eigenvalue weighted by atomic mass is 9.97. The zero-order valence-corrected chi connectivity index (χ0v) is 42.6. The Hall–Kier alpha value is -7.96. The molecule has 9 rings (SSSR count). The van der Waals surface area contributed by atoms with E-state index in [4.69, 9.17) is 24.1 Å². The van der Waals surface area contributed by atoms with E-state index in [2.05, 4.69) is 37.8 Å². The molecule has 5 heterocycles. The summed E-state index contributed by atoms with van der Waals surface area (Å²) in [7, 11) is 0. The number of aliphatic hydroxyl groups is 4. The Bertz CT molecular complexity index is 3260. The maximum Gasteiger partial charge on any atom is 0.306 e. The number of ether oxygens (including phenoxy) is 4. The Morgan fingerprint density at radius 3 is 1.72 bits per heavy atom. The Balaban J connectivity index is 0.883. The third-order valence-corrected chi connectivity index (χ3v) is 14.5. The molecule has 25 heteroatoms. The molecule has 4 aromatic carbocycles. The molecule has 10 atom stereocenters. The number of para-hydroxylation sites is 1. The third-order valence-electron chi connectivity index (χ3n) is 13.2. The number of esters is 2. The second-order valence-electron chi connectivity index (χ2n) is 18.6. The fourth-order valence-corrected chi connectivity index (χ4v) is 10.5. The maximum atomic E-state index is 14.3. The van der Waals surface area contributed by atoms with Crippen LogP contribution in [0.1, 0.15) is 60.9 Å². The molecule has 0 aliphatic carbocycles. The van der Waals surface area contributed by atoms with Crippen molar-refractivity contribution in [3.8, 4) is 34.4 Å². The van der Waals surface area contributed by atoms with Crippen LogP contribution in [0.2, 0.25) is 0 Å². The van der Waals surface area contributed by atoms with Crippen LogP contribution in [0.25, 0.3) is 22.5 Å². The first kappa shape index (κ1) is 55.8. The van der Waals surface area contributed by atoms with Gasteiger partial charge in [0.1, 0.15) is 95.8 Å². The first-order valence-corrected chi connectivity index (χ1v) is 25.9. The third kappa shape index (κ3) is 13.5. The van der Waals surface area contributed by atoms with Gasteiger partial charge in [0.05, 0.1) is 43.9 Å². The number of carboxylic acid groups (broad SMARTS) is 1. The maximum absolute atomic E-state index is 14.3. The van der Waals surface area contributed by atoms with Gasteiger partial charge in [0.2, 0.25) is 11.8 Å². The minimum atomic E-state index is -1.74. The van der Waals surface area contributed by atoms with Crippen molar-refractivity contribution in [2.24, 2.45) is 0 Å². The van der Waals surface area contributed by atoms with E-state index in [-0.39, 0.29) is 43.2 Å². The molecule has 0 radical (unpaired) electrons. The van der Waals surface area contributed by atoms with Crippen LogP contribution in [0.15, 0.2) is 109 Å². The standard InChI is InChI=1S/C54H52F2N8O14S/c55-35-12-5-10-32(23-35)37-26-63(60-58-37)47-49(71)40(28-75-45(69)19-17-42(65)57-22-21-43(66)62-25-34-9-2-1-7-30(34)15-16-31-8-3-4-14-39(31)62)77-53(51(47)73)79-54-52(74)48(50(72)41(78-54)29-76-46(70)20-18-44(67)68)64-27-38(59-61-64)33-11-6-13-36(56)24-33/h1-14,23-24,26-27,40-41,47-54,71-74H,17-22,25,28-29H2,(H,57,65)(H,67,68)/t40-,41-,47+,48+,49+,50+,51-,52-,53+,54+/m1/s1. The number of fused-ring (bicyclic) bond motifs is 2. The van der Waals surface area contributed by atoms with Gasteiger partial charge in [-0.1, -0.05) is 88.6 Å². The van der Waals surface area contributed by atoms with Crippen LogP contribution >= 0.6 is 11.8 Å². The Morgan fingerprint density at radius 2 is 1.16 bits per heavy atom. The summed E-state index contributed by atoms with van der Waals surface area (Å²) in [5.74, 6) is 1.27. The second kappa shape index (κ2) is 25.2. The fraction of sp³-hybridized carbons (Fsp3) is 0.352. The number of hydrogen-bond acceptors (Lipinski definition) is 18. The van der Waals surface area contributed by atoms with Gasteiger partial charge in [-0.25, -0.2) is 18.1 Å². The van der Waals surface area contributed by atoms with Gasteiger partial charge in [0.15, 0.2) is 0 Å². The topological polar surface area (TPSA) is 300 Å². The van der Waals surface area contributed by atoms with Crippen molar-refractivity contribution in [3.63, 3.8) is 0 Å². The summed E-state index contributed by atoms with van der Waals surface area (Å²) >= 11 is 0.654. The van der Waals surface area contributed by atoms with Crippen LogP contribution in [-0.4, -0.2) is 152 Å². The lowest BCUT2D eigenvalue weighted by Crippen LogP contribution is -2.58. The lowest BCUT2D eigenvalue weighted by molar-refractivity contribution is -0.196. The summed E-state index contributed by atoms with van der Waals surface area (Å²) < 4.78 is 53.8. The molecule has 3 aliphatic rings. The number of nitrogens with zero attached hydrogens (tertiary/aromatic N) is 7. The molecule has 6 aromatic rings. The summed E-state index contributed by atoms with van der Waals surface area (Å²) in [6, 6.07) is 22.7. The van der Waals surface area contributed by atoms with Crippen molar-refractivity contribution >= 4 is 47.2 Å². The molecule has 0 bridgehead atoms. The predicted octanol–water partition coefficient (Wildman–Crippen LogP) is 3.08. The molecule has 22 nitrogen and oxygen atoms in total. The van der Waals surface area contributed by atoms with E-state index in [9.17, 15) is 53.2 Å². The van der Waals surface area contributed by atoms with Crippen molar-refractivity contribution < 1.29 is 77.2 Å². The number of carboxylic acids is 1. The minimum absolute atomic E-state index is 0.0423. The predicted molar refractivity (Wildman–Crippen MR) is 274 cm³/mol. The van der Waals surface area contributed by atoms with Crippen molar-refractivity contribution in [1.82, 2.24) is 35.3 Å². The molecule has 2 amide bonds. The number of aliphatic carboxylic acids is 1. The molecular weight excluding hydrogens is 1050 g/mol. The van der Waals surface area contributed by atoms with E-state index in [0.717, 1.165) is 20.5 Å². The Morgan fingerprint density at radius 1 is 0.646 bits per heavy atom. The van der Waals surface area contributed by atoms with E-state index >= 15 is 0 Å². The average Bonchev–Trinajstić information content (AvgIpc) is 4.34. The SMILES string of the molecule is O=C(O)CCC(=O)OC[C@H]1O[C@@H](S[C@@H]2O[C@H](COC(=O)CCC(=O)NCCC(=O)N3Cc4ccccc4C#Cc4ccccc43)[C@H](O)[C@H](n3cc(-c4cccc(F)c4)nn3)[C@H]2O)[C@H](O)[C@@H](n2cc(-c3cccc(F)c3)nn2)[C@H]1O. The Kier molecular flexibility index (Phi) is 17.8. The number of rotatable bonds is 19. The monoisotopic (exact) mass is 1110 g/mol. The van der Waals surface area contributed by atoms with E-state index in [1.165, 1.54) is 48.8 Å². The van der Waals surface area contributed by atoms with Crippen molar-refractivity contribution in [3.05, 3.63) is 138 Å². The number of halogens is 2. The summed E-state index contributed by atoms with van der Waals surface area (Å²) in [6.07, 6.45) is -9.02. The summed E-state index contributed by atoms with van der Waals surface area (Å²) in [5, 5.41) is 75.7. The molecule has 0 spiro atoms. The molecule has 0 unspecified atom stereocenters. The van der Waals surface area contributed by atoms with Gasteiger partial charge in [0.25, 0.3) is 0 Å². The molecule has 412 valence electrons. The van der Waals surface area contributed by atoms with Crippen LogP contribution in [0.5, 0.6) is 0 Å². The number of nitrogens with one attached hydrogen (secondary N) is 1. The van der Waals surface area contributed by atoms with Crippen molar-refractivity contribution in [2.45, 2.75) is 98.2 Å². The number of anilines is 1. The van der Waals surface area contributed by atoms with Gasteiger partial charge >= 0.3 is 17.9 Å². The van der Waals surface area contributed by atoms with Gasteiger partial charge in [-0.2, -0.15) is 0 Å². The zero-order valence-electron chi connectivity index (χ0n) is 41.7. The summed E-state index contributed by atoms with van der Waals surface area (Å²) in [5.41, 5.74) is 0.866. The average molecular weight is 1110 g/mol. The smallest absolute Gasteiger partial charge is 0.306 e. The molecule has 79 heavy (non-hydrogen) atoms. The normalized spacial score (nSPS) is 23.4. The first-order chi connectivity index (χ1) is 38.1. The number of hydrogen-bond donors (Lipinski definition) is 6. The molecule has 6 N–H and O–H groups in total. The van der Waals surface area contributed by atoms with Gasteiger partial charge in [0, 0.05) is 41.6 Å². The van der Waals surface area contributed by atoms with E-state index in [1.54, 1.807) is 23.1 Å². The first-order valence-electron chi connectivity index (χ1n) is 24.9. The molecule has 0 saturated carbocycles. The fourth-order valence-electron chi connectivity index (χ4n) is 9.16. The number of thioether (sulfide) groups is 1. The van der Waals surface area contributed by atoms with Crippen molar-refractivity contribution in [1.29, 1.82) is 0 Å².